The molecule has 66 valence electrons. The molecule has 0 unspecified atom stereocenters. The van der Waals surface area contributed by atoms with Gasteiger partial charge in [-0.05, 0) is 37.9 Å². The Labute approximate surface area is 93.7 Å². The molecule has 0 spiro atoms. The van der Waals surface area contributed by atoms with Crippen LogP contribution in [-0.2, 0) is 5.33 Å². The van der Waals surface area contributed by atoms with Crippen molar-refractivity contribution in [1.29, 1.82) is 0 Å². The van der Waals surface area contributed by atoms with Crippen molar-refractivity contribution in [2.24, 2.45) is 0 Å². The molecule has 0 aromatic heterocycles. The van der Waals surface area contributed by atoms with E-state index < -0.39 is 11.6 Å². The van der Waals surface area contributed by atoms with Gasteiger partial charge in [0.15, 0.2) is 11.6 Å². The molecule has 0 N–H and O–H groups in total. The van der Waals surface area contributed by atoms with Gasteiger partial charge >= 0.3 is 0 Å². The smallest absolute Gasteiger partial charge is 0.174 e. The standard InChI is InChI=1S/C7H3Br3F2/c8-2-3-1-4(9)5(10)7(12)6(3)11/h1H,2H2. The molecule has 0 atom stereocenters. The van der Waals surface area contributed by atoms with Crippen LogP contribution >= 0.6 is 47.8 Å². The Morgan fingerprint density at radius 2 is 1.75 bits per heavy atom. The van der Waals surface area contributed by atoms with Crippen LogP contribution in [0.2, 0.25) is 0 Å². The second-order valence-corrected chi connectivity index (χ2v) is 4.30. The van der Waals surface area contributed by atoms with Gasteiger partial charge in [-0.15, -0.1) is 0 Å². The minimum atomic E-state index is -0.862. The largest absolute Gasteiger partial charge is 0.203 e. The Bertz CT molecular complexity index is 312. The summed E-state index contributed by atoms with van der Waals surface area (Å²) in [6.07, 6.45) is 0. The monoisotopic (exact) mass is 362 g/mol. The van der Waals surface area contributed by atoms with Crippen molar-refractivity contribution >= 4 is 47.8 Å². The van der Waals surface area contributed by atoms with Gasteiger partial charge in [0.05, 0.1) is 4.47 Å². The first-order chi connectivity index (χ1) is 5.57. The number of benzene rings is 1. The molecule has 0 radical (unpaired) electrons. The molecule has 0 aliphatic heterocycles. The zero-order valence-corrected chi connectivity index (χ0v) is 10.4. The van der Waals surface area contributed by atoms with Crippen LogP contribution in [0.3, 0.4) is 0 Å². The van der Waals surface area contributed by atoms with E-state index in [0.29, 0.717) is 15.4 Å². The second-order valence-electron chi connectivity index (χ2n) is 2.09. The van der Waals surface area contributed by atoms with Crippen molar-refractivity contribution in [3.8, 4) is 0 Å². The molecule has 1 rings (SSSR count). The maximum atomic E-state index is 13.0. The number of rotatable bonds is 1. The zero-order chi connectivity index (χ0) is 9.30. The lowest BCUT2D eigenvalue weighted by atomic mass is 10.2. The van der Waals surface area contributed by atoms with E-state index in [4.69, 9.17) is 0 Å². The molecule has 1 aromatic rings. The molecular formula is C7H3Br3F2. The van der Waals surface area contributed by atoms with E-state index in [1.165, 1.54) is 6.07 Å². The number of alkyl halides is 1. The van der Waals surface area contributed by atoms with E-state index in [1.807, 2.05) is 0 Å². The van der Waals surface area contributed by atoms with E-state index in [1.54, 1.807) is 0 Å². The van der Waals surface area contributed by atoms with Crippen LogP contribution in [0.25, 0.3) is 0 Å². The fraction of sp³-hybridized carbons (Fsp3) is 0.143. The van der Waals surface area contributed by atoms with Crippen LogP contribution in [-0.4, -0.2) is 0 Å². The molecule has 0 saturated carbocycles. The highest BCUT2D eigenvalue weighted by Crippen LogP contribution is 2.30. The Balaban J connectivity index is 3.39. The summed E-state index contributed by atoms with van der Waals surface area (Å²) in [5, 5.41) is 0.293. The minimum absolute atomic E-state index is 0.115. The third-order valence-electron chi connectivity index (χ3n) is 1.32. The van der Waals surface area contributed by atoms with Crippen molar-refractivity contribution < 1.29 is 8.78 Å². The van der Waals surface area contributed by atoms with Crippen molar-refractivity contribution in [2.75, 3.05) is 0 Å². The van der Waals surface area contributed by atoms with Gasteiger partial charge in [-0.2, -0.15) is 0 Å². The lowest BCUT2D eigenvalue weighted by molar-refractivity contribution is 0.497. The number of hydrogen-bond donors (Lipinski definition) is 0. The molecule has 0 heterocycles. The molecule has 0 bridgehead atoms. The maximum Gasteiger partial charge on any atom is 0.174 e. The lowest BCUT2D eigenvalue weighted by Gasteiger charge is -2.03. The van der Waals surface area contributed by atoms with Crippen LogP contribution in [0.4, 0.5) is 8.78 Å². The second kappa shape index (κ2) is 4.15. The summed E-state index contributed by atoms with van der Waals surface area (Å²) in [4.78, 5) is 0. The van der Waals surface area contributed by atoms with E-state index in [-0.39, 0.29) is 4.47 Å². The highest BCUT2D eigenvalue weighted by Gasteiger charge is 2.14. The normalized spacial score (nSPS) is 10.4. The first-order valence-corrected chi connectivity index (χ1v) is 5.66. The van der Waals surface area contributed by atoms with E-state index in [2.05, 4.69) is 47.8 Å². The summed E-state index contributed by atoms with van der Waals surface area (Å²) >= 11 is 9.07. The molecule has 0 saturated heterocycles. The Morgan fingerprint density at radius 3 is 2.25 bits per heavy atom. The highest BCUT2D eigenvalue weighted by molar-refractivity contribution is 9.13. The van der Waals surface area contributed by atoms with Crippen LogP contribution < -0.4 is 0 Å². The summed E-state index contributed by atoms with van der Waals surface area (Å²) < 4.78 is 26.6. The molecule has 0 aliphatic carbocycles. The van der Waals surface area contributed by atoms with E-state index in [0.717, 1.165) is 0 Å². The summed E-state index contributed by atoms with van der Waals surface area (Å²) in [7, 11) is 0. The lowest BCUT2D eigenvalue weighted by Crippen LogP contribution is -1.93. The molecule has 12 heavy (non-hydrogen) atoms. The van der Waals surface area contributed by atoms with Gasteiger partial charge in [0.2, 0.25) is 0 Å². The first kappa shape index (κ1) is 10.6. The molecule has 5 heteroatoms. The van der Waals surface area contributed by atoms with Gasteiger partial charge in [-0.3, -0.25) is 0 Å². The summed E-state index contributed by atoms with van der Waals surface area (Å²) in [6.45, 7) is 0. The zero-order valence-electron chi connectivity index (χ0n) is 5.67. The molecule has 0 nitrogen and oxygen atoms in total. The van der Waals surface area contributed by atoms with E-state index in [9.17, 15) is 8.78 Å². The van der Waals surface area contributed by atoms with Crippen LogP contribution in [0, 0.1) is 11.6 Å². The summed E-state index contributed by atoms with van der Waals surface area (Å²) in [6, 6.07) is 1.53. The van der Waals surface area contributed by atoms with Crippen LogP contribution in [0.5, 0.6) is 0 Å². The molecule has 1 aromatic carbocycles. The third kappa shape index (κ3) is 1.88. The van der Waals surface area contributed by atoms with Crippen molar-refractivity contribution in [3.63, 3.8) is 0 Å². The minimum Gasteiger partial charge on any atom is -0.203 e. The average Bonchev–Trinajstić information content (AvgIpc) is 2.08. The molecule has 0 fully saturated rings. The topological polar surface area (TPSA) is 0 Å². The van der Waals surface area contributed by atoms with E-state index >= 15 is 0 Å². The van der Waals surface area contributed by atoms with Gasteiger partial charge < -0.3 is 0 Å². The van der Waals surface area contributed by atoms with Gasteiger partial charge in [-0.25, -0.2) is 8.78 Å². The molecule has 0 aliphatic rings. The van der Waals surface area contributed by atoms with Gasteiger partial charge in [0, 0.05) is 15.4 Å². The third-order valence-corrected chi connectivity index (χ3v) is 3.86. The molecule has 0 amide bonds. The van der Waals surface area contributed by atoms with Crippen LogP contribution in [0.15, 0.2) is 15.0 Å². The van der Waals surface area contributed by atoms with Crippen molar-refractivity contribution in [3.05, 3.63) is 32.2 Å². The Hall–Kier alpha value is 0.520. The van der Waals surface area contributed by atoms with Gasteiger partial charge in [-0.1, -0.05) is 15.9 Å². The highest BCUT2D eigenvalue weighted by atomic mass is 79.9. The number of halogens is 5. The number of hydrogen-bond acceptors (Lipinski definition) is 0. The first-order valence-electron chi connectivity index (χ1n) is 2.95. The maximum absolute atomic E-state index is 13.0. The summed E-state index contributed by atoms with van der Waals surface area (Å²) in [5.41, 5.74) is 0.294. The quantitative estimate of drug-likeness (QED) is 0.394. The Morgan fingerprint density at radius 1 is 1.17 bits per heavy atom. The van der Waals surface area contributed by atoms with Crippen molar-refractivity contribution in [2.45, 2.75) is 5.33 Å². The van der Waals surface area contributed by atoms with Crippen molar-refractivity contribution in [1.82, 2.24) is 0 Å². The predicted octanol–water partition coefficient (Wildman–Crippen LogP) is 4.38. The fourth-order valence-corrected chi connectivity index (χ4v) is 1.87. The SMILES string of the molecule is Fc1c(CBr)cc(Br)c(Br)c1F. The molecular weight excluding hydrogens is 362 g/mol. The fourth-order valence-electron chi connectivity index (χ4n) is 0.719. The average molecular weight is 365 g/mol. The van der Waals surface area contributed by atoms with Gasteiger partial charge in [0.1, 0.15) is 0 Å². The van der Waals surface area contributed by atoms with Gasteiger partial charge in [0.25, 0.3) is 0 Å². The summed E-state index contributed by atoms with van der Waals surface area (Å²) in [5.74, 6) is -1.68. The predicted molar refractivity (Wildman–Crippen MR) is 54.4 cm³/mol. The van der Waals surface area contributed by atoms with Crippen LogP contribution in [0.1, 0.15) is 5.56 Å². The Kier molecular flexibility index (Phi) is 3.67.